The fraction of sp³-hybridized carbons (Fsp3) is 0.462. The number of nitro groups is 1. The minimum Gasteiger partial charge on any atom is -0.488 e. The van der Waals surface area contributed by atoms with E-state index in [2.05, 4.69) is 9.47 Å². The monoisotopic (exact) mass is 379 g/mol. The molecule has 25 heavy (non-hydrogen) atoms. The molecule has 0 N–H and O–H groups in total. The zero-order valence-electron chi connectivity index (χ0n) is 14.1. The molecule has 1 amide bonds. The van der Waals surface area contributed by atoms with E-state index < -0.39 is 43.2 Å². The number of nitrogens with zero attached hydrogens (tertiary/aromatic N) is 3. The highest BCUT2D eigenvalue weighted by molar-refractivity contribution is 7.89. The van der Waals surface area contributed by atoms with Crippen LogP contribution in [0.3, 0.4) is 0 Å². The van der Waals surface area contributed by atoms with Gasteiger partial charge in [0.2, 0.25) is 15.8 Å². The molecule has 0 bridgehead atoms. The van der Waals surface area contributed by atoms with Crippen molar-refractivity contribution in [3.05, 3.63) is 28.1 Å². The van der Waals surface area contributed by atoms with E-state index in [1.165, 1.54) is 21.2 Å². The third-order valence-electron chi connectivity index (χ3n) is 3.34. The highest BCUT2D eigenvalue weighted by Gasteiger charge is 2.29. The Morgan fingerprint density at radius 3 is 2.36 bits per heavy atom. The average Bonchev–Trinajstić information content (AvgIpc) is 2.57. The summed E-state index contributed by atoms with van der Waals surface area (Å²) in [5.41, 5.74) is -0.804. The van der Waals surface area contributed by atoms with Crippen LogP contribution in [0, 0.1) is 15.9 Å². The molecule has 0 aliphatic carbocycles. The number of carbonyl (C=O) groups is 1. The van der Waals surface area contributed by atoms with Crippen LogP contribution in [0.5, 0.6) is 5.75 Å². The highest BCUT2D eigenvalue weighted by atomic mass is 32.2. The van der Waals surface area contributed by atoms with Gasteiger partial charge in [0.15, 0.2) is 5.82 Å². The summed E-state index contributed by atoms with van der Waals surface area (Å²) in [6, 6.07) is 1.36. The average molecular weight is 379 g/mol. The highest BCUT2D eigenvalue weighted by Crippen LogP contribution is 2.33. The van der Waals surface area contributed by atoms with Crippen LogP contribution >= 0.6 is 0 Å². The molecule has 0 fully saturated rings. The van der Waals surface area contributed by atoms with Crippen molar-refractivity contribution in [3.63, 3.8) is 0 Å². The van der Waals surface area contributed by atoms with E-state index >= 15 is 0 Å². The normalized spacial score (nSPS) is 11.3. The van der Waals surface area contributed by atoms with Gasteiger partial charge >= 0.3 is 11.8 Å². The first-order valence-corrected chi connectivity index (χ1v) is 8.27. The summed E-state index contributed by atoms with van der Waals surface area (Å²) in [6.07, 6.45) is -0.656. The molecular formula is C13H18FN3O7S. The van der Waals surface area contributed by atoms with Gasteiger partial charge in [-0.25, -0.2) is 17.6 Å². The third kappa shape index (κ3) is 4.54. The number of sulfonamides is 1. The molecule has 0 aromatic heterocycles. The van der Waals surface area contributed by atoms with E-state index in [4.69, 9.17) is 0 Å². The van der Waals surface area contributed by atoms with E-state index in [-0.39, 0.29) is 13.1 Å². The Bertz CT molecular complexity index is 769. The fourth-order valence-electron chi connectivity index (χ4n) is 1.88. The van der Waals surface area contributed by atoms with Crippen molar-refractivity contribution in [2.45, 2.75) is 4.90 Å². The Morgan fingerprint density at radius 2 is 1.88 bits per heavy atom. The number of ether oxygens (including phenoxy) is 2. The summed E-state index contributed by atoms with van der Waals surface area (Å²) in [5, 5.41) is 11.0. The number of rotatable bonds is 7. The van der Waals surface area contributed by atoms with Gasteiger partial charge in [-0.3, -0.25) is 10.1 Å². The molecule has 0 atom stereocenters. The van der Waals surface area contributed by atoms with Crippen molar-refractivity contribution in [1.29, 1.82) is 0 Å². The number of likely N-dealkylation sites (N-methyl/N-ethyl adjacent to an activating group) is 2. The van der Waals surface area contributed by atoms with Crippen LogP contribution in [0.4, 0.5) is 14.9 Å². The van der Waals surface area contributed by atoms with E-state index in [1.54, 1.807) is 0 Å². The first-order valence-electron chi connectivity index (χ1n) is 6.83. The Balaban J connectivity index is 3.13. The summed E-state index contributed by atoms with van der Waals surface area (Å²) < 4.78 is 48.8. The summed E-state index contributed by atoms with van der Waals surface area (Å²) in [7, 11) is 0.609. The lowest BCUT2D eigenvalue weighted by Gasteiger charge is -2.21. The number of halogens is 1. The minimum atomic E-state index is -4.22. The summed E-state index contributed by atoms with van der Waals surface area (Å²) in [4.78, 5) is 21.9. The van der Waals surface area contributed by atoms with Crippen molar-refractivity contribution >= 4 is 21.8 Å². The molecule has 0 spiro atoms. The van der Waals surface area contributed by atoms with Gasteiger partial charge in [-0.1, -0.05) is 0 Å². The number of amides is 1. The molecule has 0 saturated heterocycles. The van der Waals surface area contributed by atoms with E-state index in [9.17, 15) is 27.7 Å². The lowest BCUT2D eigenvalue weighted by atomic mass is 10.3. The minimum absolute atomic E-state index is 0.00311. The second kappa shape index (κ2) is 8.07. The van der Waals surface area contributed by atoms with Crippen LogP contribution < -0.4 is 4.74 Å². The molecule has 0 radical (unpaired) electrons. The van der Waals surface area contributed by atoms with Gasteiger partial charge in [0.1, 0.15) is 0 Å². The van der Waals surface area contributed by atoms with Crippen molar-refractivity contribution in [2.75, 3.05) is 41.4 Å². The first-order chi connectivity index (χ1) is 11.6. The lowest BCUT2D eigenvalue weighted by molar-refractivity contribution is -0.386. The maximum absolute atomic E-state index is 13.9. The molecule has 0 saturated carbocycles. The molecule has 10 nitrogen and oxygen atoms in total. The second-order valence-electron chi connectivity index (χ2n) is 4.93. The van der Waals surface area contributed by atoms with Crippen LogP contribution in [-0.4, -0.2) is 70.0 Å². The Morgan fingerprint density at radius 1 is 1.28 bits per heavy atom. The van der Waals surface area contributed by atoms with Crippen LogP contribution in [0.2, 0.25) is 0 Å². The maximum atomic E-state index is 13.9. The summed E-state index contributed by atoms with van der Waals surface area (Å²) in [5.74, 6) is -1.83. The van der Waals surface area contributed by atoms with Crippen LogP contribution in [-0.2, 0) is 14.8 Å². The lowest BCUT2D eigenvalue weighted by Crippen LogP contribution is -2.37. The van der Waals surface area contributed by atoms with Crippen LogP contribution in [0.1, 0.15) is 0 Å². The third-order valence-corrected chi connectivity index (χ3v) is 5.18. The number of methoxy groups -OCH3 is 2. The molecule has 0 aliphatic heterocycles. The molecule has 12 heteroatoms. The Labute approximate surface area is 143 Å². The first kappa shape index (κ1) is 20.6. The molecule has 0 aliphatic rings. The summed E-state index contributed by atoms with van der Waals surface area (Å²) >= 11 is 0. The quantitative estimate of drug-likeness (QED) is 0.513. The van der Waals surface area contributed by atoms with Gasteiger partial charge in [0, 0.05) is 33.3 Å². The van der Waals surface area contributed by atoms with Gasteiger partial charge in [0.05, 0.1) is 24.0 Å². The van der Waals surface area contributed by atoms with Crippen molar-refractivity contribution in [2.24, 2.45) is 0 Å². The molecule has 1 aromatic carbocycles. The van der Waals surface area contributed by atoms with E-state index in [1.807, 2.05) is 0 Å². The smallest absolute Gasteiger partial charge is 0.409 e. The largest absolute Gasteiger partial charge is 0.488 e. The van der Waals surface area contributed by atoms with Crippen LogP contribution in [0.25, 0.3) is 0 Å². The predicted molar refractivity (Wildman–Crippen MR) is 84.5 cm³/mol. The number of carbonyl (C=O) groups excluding carboxylic acids is 1. The molecule has 1 aromatic rings. The van der Waals surface area contributed by atoms with Gasteiger partial charge in [-0.05, 0) is 6.07 Å². The molecule has 1 rings (SSSR count). The molecule has 0 unspecified atom stereocenters. The molecule has 0 heterocycles. The van der Waals surface area contributed by atoms with Gasteiger partial charge in [-0.2, -0.15) is 4.31 Å². The fourth-order valence-corrected chi connectivity index (χ4v) is 3.07. The predicted octanol–water partition coefficient (Wildman–Crippen LogP) is 1.06. The topological polar surface area (TPSA) is 119 Å². The van der Waals surface area contributed by atoms with Gasteiger partial charge in [0.25, 0.3) is 0 Å². The van der Waals surface area contributed by atoms with Crippen molar-refractivity contribution in [1.82, 2.24) is 9.21 Å². The van der Waals surface area contributed by atoms with Crippen LogP contribution in [0.15, 0.2) is 17.0 Å². The standard InChI is InChI=1S/C13H18FN3O7S/c1-15(13(18)24-4)5-6-16(2)25(21,22)9-7-10(14)12(23-3)11(8-9)17(19)20/h7-8H,5-6H2,1-4H3. The zero-order valence-corrected chi connectivity index (χ0v) is 14.9. The number of hydrogen-bond donors (Lipinski definition) is 0. The molecule has 140 valence electrons. The second-order valence-corrected chi connectivity index (χ2v) is 6.98. The Kier molecular flexibility index (Phi) is 6.64. The summed E-state index contributed by atoms with van der Waals surface area (Å²) in [6.45, 7) is -0.126. The number of hydrogen-bond acceptors (Lipinski definition) is 7. The zero-order chi connectivity index (χ0) is 19.4. The van der Waals surface area contributed by atoms with Crippen molar-refractivity contribution in [3.8, 4) is 5.75 Å². The van der Waals surface area contributed by atoms with E-state index in [0.717, 1.165) is 22.4 Å². The Hall–Kier alpha value is -2.47. The SMILES string of the molecule is COC(=O)N(C)CCN(C)S(=O)(=O)c1cc(F)c(OC)c([N+](=O)[O-])c1. The van der Waals surface area contributed by atoms with Gasteiger partial charge < -0.3 is 14.4 Å². The number of nitro benzene ring substituents is 1. The van der Waals surface area contributed by atoms with Crippen molar-refractivity contribution < 1.29 is 32.0 Å². The maximum Gasteiger partial charge on any atom is 0.409 e. The number of benzene rings is 1. The van der Waals surface area contributed by atoms with E-state index in [0.29, 0.717) is 6.07 Å². The molecular weight excluding hydrogens is 361 g/mol. The van der Waals surface area contributed by atoms with Gasteiger partial charge in [-0.15, -0.1) is 0 Å².